The van der Waals surface area contributed by atoms with Crippen molar-refractivity contribution < 1.29 is 4.74 Å². The standard InChI is InChI=1S/C17H22N2OS/c1-11(2)9-18-16-19-10-14(21-16)13-7-5-6-12-8-17(3,4)20-15(12)13/h5-7,10-11H,8-9H2,1-4H3,(H,18,19). The summed E-state index contributed by atoms with van der Waals surface area (Å²) in [5.74, 6) is 1.64. The van der Waals surface area contributed by atoms with Crippen LogP contribution in [-0.2, 0) is 6.42 Å². The molecule has 0 aliphatic carbocycles. The van der Waals surface area contributed by atoms with E-state index in [-0.39, 0.29) is 5.60 Å². The zero-order valence-corrected chi connectivity index (χ0v) is 13.9. The molecule has 3 nitrogen and oxygen atoms in total. The van der Waals surface area contributed by atoms with Crippen LogP contribution in [0.5, 0.6) is 5.75 Å². The van der Waals surface area contributed by atoms with E-state index in [1.807, 2.05) is 6.20 Å². The van der Waals surface area contributed by atoms with Gasteiger partial charge in [-0.2, -0.15) is 0 Å². The maximum absolute atomic E-state index is 6.15. The number of hydrogen-bond donors (Lipinski definition) is 1. The van der Waals surface area contributed by atoms with E-state index in [1.165, 1.54) is 5.56 Å². The highest BCUT2D eigenvalue weighted by Crippen LogP contribution is 2.44. The second-order valence-corrected chi connectivity index (χ2v) is 7.67. The molecule has 0 radical (unpaired) electrons. The van der Waals surface area contributed by atoms with Crippen LogP contribution in [0.1, 0.15) is 33.3 Å². The molecule has 2 aromatic rings. The van der Waals surface area contributed by atoms with Gasteiger partial charge in [-0.1, -0.05) is 37.3 Å². The Kier molecular flexibility index (Phi) is 3.66. The van der Waals surface area contributed by atoms with Gasteiger partial charge in [0.25, 0.3) is 0 Å². The van der Waals surface area contributed by atoms with Gasteiger partial charge in [0.05, 0.1) is 4.88 Å². The monoisotopic (exact) mass is 302 g/mol. The Morgan fingerprint density at radius 3 is 2.95 bits per heavy atom. The summed E-state index contributed by atoms with van der Waals surface area (Å²) in [6.07, 6.45) is 2.91. The van der Waals surface area contributed by atoms with E-state index in [9.17, 15) is 0 Å². The fourth-order valence-electron chi connectivity index (χ4n) is 2.58. The number of anilines is 1. The number of rotatable bonds is 4. The molecule has 1 aromatic carbocycles. The van der Waals surface area contributed by atoms with Gasteiger partial charge in [0.2, 0.25) is 0 Å². The van der Waals surface area contributed by atoms with Crippen LogP contribution in [0.15, 0.2) is 24.4 Å². The van der Waals surface area contributed by atoms with Crippen LogP contribution in [0.25, 0.3) is 10.4 Å². The Morgan fingerprint density at radius 2 is 2.19 bits per heavy atom. The van der Waals surface area contributed by atoms with Crippen LogP contribution < -0.4 is 10.1 Å². The first-order valence-electron chi connectivity index (χ1n) is 7.45. The molecule has 0 bridgehead atoms. The van der Waals surface area contributed by atoms with Gasteiger partial charge >= 0.3 is 0 Å². The lowest BCUT2D eigenvalue weighted by atomic mass is 10.0. The molecule has 0 saturated heterocycles. The van der Waals surface area contributed by atoms with Gasteiger partial charge in [-0.15, -0.1) is 0 Å². The summed E-state index contributed by atoms with van der Waals surface area (Å²) in [4.78, 5) is 5.64. The molecule has 0 atom stereocenters. The summed E-state index contributed by atoms with van der Waals surface area (Å²) in [6.45, 7) is 9.62. The van der Waals surface area contributed by atoms with Crippen molar-refractivity contribution in [1.82, 2.24) is 4.98 Å². The van der Waals surface area contributed by atoms with Crippen molar-refractivity contribution >= 4 is 16.5 Å². The SMILES string of the molecule is CC(C)CNc1ncc(-c2cccc3c2OC(C)(C)C3)s1. The van der Waals surface area contributed by atoms with Gasteiger partial charge in [0.1, 0.15) is 11.4 Å². The highest BCUT2D eigenvalue weighted by molar-refractivity contribution is 7.18. The van der Waals surface area contributed by atoms with Crippen molar-refractivity contribution in [2.45, 2.75) is 39.7 Å². The minimum Gasteiger partial charge on any atom is -0.487 e. The van der Waals surface area contributed by atoms with Crippen LogP contribution >= 0.6 is 11.3 Å². The Labute approximate surface area is 130 Å². The van der Waals surface area contributed by atoms with Crippen molar-refractivity contribution in [3.8, 4) is 16.2 Å². The third kappa shape index (κ3) is 3.05. The van der Waals surface area contributed by atoms with Crippen LogP contribution in [-0.4, -0.2) is 17.1 Å². The zero-order chi connectivity index (χ0) is 15.0. The molecule has 0 amide bonds. The molecule has 0 unspecified atom stereocenters. The molecule has 112 valence electrons. The lowest BCUT2D eigenvalue weighted by molar-refractivity contribution is 0.139. The Balaban J connectivity index is 1.88. The highest BCUT2D eigenvalue weighted by atomic mass is 32.1. The first-order chi connectivity index (χ1) is 9.94. The molecular weight excluding hydrogens is 280 g/mol. The molecule has 3 rings (SSSR count). The summed E-state index contributed by atoms with van der Waals surface area (Å²) >= 11 is 1.69. The fourth-order valence-corrected chi connectivity index (χ4v) is 3.43. The van der Waals surface area contributed by atoms with Gasteiger partial charge in [-0.05, 0) is 31.4 Å². The molecule has 1 N–H and O–H groups in total. The quantitative estimate of drug-likeness (QED) is 0.897. The van der Waals surface area contributed by atoms with Gasteiger partial charge < -0.3 is 10.1 Å². The molecule has 4 heteroatoms. The third-order valence-electron chi connectivity index (χ3n) is 3.52. The number of fused-ring (bicyclic) bond motifs is 1. The predicted octanol–water partition coefficient (Wildman–Crippen LogP) is 4.59. The molecule has 2 heterocycles. The molecule has 0 spiro atoms. The van der Waals surface area contributed by atoms with Crippen molar-refractivity contribution in [3.05, 3.63) is 30.0 Å². The van der Waals surface area contributed by atoms with E-state index in [2.05, 4.69) is 56.2 Å². The van der Waals surface area contributed by atoms with Gasteiger partial charge in [0, 0.05) is 24.7 Å². The third-order valence-corrected chi connectivity index (χ3v) is 4.51. The van der Waals surface area contributed by atoms with Crippen molar-refractivity contribution in [3.63, 3.8) is 0 Å². The van der Waals surface area contributed by atoms with E-state index >= 15 is 0 Å². The summed E-state index contributed by atoms with van der Waals surface area (Å²) in [5.41, 5.74) is 2.35. The smallest absolute Gasteiger partial charge is 0.183 e. The number of hydrogen-bond acceptors (Lipinski definition) is 4. The Bertz CT molecular complexity index is 646. The van der Waals surface area contributed by atoms with E-state index in [4.69, 9.17) is 4.74 Å². The first kappa shape index (κ1) is 14.4. The van der Waals surface area contributed by atoms with Crippen molar-refractivity contribution in [2.24, 2.45) is 5.92 Å². The summed E-state index contributed by atoms with van der Waals surface area (Å²) in [6, 6.07) is 6.40. The topological polar surface area (TPSA) is 34.2 Å². The van der Waals surface area contributed by atoms with Crippen molar-refractivity contribution in [2.75, 3.05) is 11.9 Å². The predicted molar refractivity (Wildman–Crippen MR) is 89.3 cm³/mol. The van der Waals surface area contributed by atoms with E-state index in [0.717, 1.165) is 34.3 Å². The maximum Gasteiger partial charge on any atom is 0.183 e. The molecular formula is C17H22N2OS. The summed E-state index contributed by atoms with van der Waals surface area (Å²) < 4.78 is 6.15. The Hall–Kier alpha value is -1.55. The molecule has 1 aliphatic rings. The average Bonchev–Trinajstić information content (AvgIpc) is 2.97. The number of benzene rings is 1. The summed E-state index contributed by atoms with van der Waals surface area (Å²) in [5, 5.41) is 4.36. The first-order valence-corrected chi connectivity index (χ1v) is 8.27. The highest BCUT2D eigenvalue weighted by Gasteiger charge is 2.32. The second kappa shape index (κ2) is 5.34. The summed E-state index contributed by atoms with van der Waals surface area (Å²) in [7, 11) is 0. The van der Waals surface area contributed by atoms with E-state index < -0.39 is 0 Å². The van der Waals surface area contributed by atoms with Crippen LogP contribution in [0.3, 0.4) is 0 Å². The number of ether oxygens (including phenoxy) is 1. The van der Waals surface area contributed by atoms with Crippen LogP contribution in [0.4, 0.5) is 5.13 Å². The number of para-hydroxylation sites is 1. The zero-order valence-electron chi connectivity index (χ0n) is 13.1. The fraction of sp³-hybridized carbons (Fsp3) is 0.471. The van der Waals surface area contributed by atoms with Crippen LogP contribution in [0, 0.1) is 5.92 Å². The number of nitrogens with one attached hydrogen (secondary N) is 1. The average molecular weight is 302 g/mol. The van der Waals surface area contributed by atoms with E-state index in [0.29, 0.717) is 5.92 Å². The normalized spacial score (nSPS) is 15.9. The van der Waals surface area contributed by atoms with Crippen LogP contribution in [0.2, 0.25) is 0 Å². The largest absolute Gasteiger partial charge is 0.487 e. The molecule has 21 heavy (non-hydrogen) atoms. The lowest BCUT2D eigenvalue weighted by Crippen LogP contribution is -2.24. The molecule has 0 fully saturated rings. The van der Waals surface area contributed by atoms with Gasteiger partial charge in [0.15, 0.2) is 5.13 Å². The van der Waals surface area contributed by atoms with Crippen molar-refractivity contribution in [1.29, 1.82) is 0 Å². The van der Waals surface area contributed by atoms with Gasteiger partial charge in [-0.25, -0.2) is 4.98 Å². The Morgan fingerprint density at radius 1 is 1.38 bits per heavy atom. The molecule has 1 aromatic heterocycles. The minimum absolute atomic E-state index is 0.109. The van der Waals surface area contributed by atoms with Gasteiger partial charge in [-0.3, -0.25) is 0 Å². The maximum atomic E-state index is 6.15. The lowest BCUT2D eigenvalue weighted by Gasteiger charge is -2.17. The number of nitrogens with zero attached hydrogens (tertiary/aromatic N) is 1. The molecule has 1 aliphatic heterocycles. The second-order valence-electron chi connectivity index (χ2n) is 6.64. The number of thiazole rings is 1. The van der Waals surface area contributed by atoms with E-state index in [1.54, 1.807) is 11.3 Å². The number of aromatic nitrogens is 1. The minimum atomic E-state index is -0.109. The molecule has 0 saturated carbocycles.